The molecule has 0 N–H and O–H groups in total. The minimum atomic E-state index is 0.796. The first-order chi connectivity index (χ1) is 7.91. The summed E-state index contributed by atoms with van der Waals surface area (Å²) in [5.41, 5.74) is 0. The lowest BCUT2D eigenvalue weighted by Gasteiger charge is -1.99. The molecule has 0 saturated heterocycles. The lowest BCUT2D eigenvalue weighted by Crippen LogP contribution is -1.80. The van der Waals surface area contributed by atoms with Crippen LogP contribution in [0.3, 0.4) is 0 Å². The van der Waals surface area contributed by atoms with E-state index in [1.165, 1.54) is 51.4 Å². The number of terminal acetylenes is 1. The molecule has 0 radical (unpaired) electrons. The minimum absolute atomic E-state index is 0.796. The molecule has 0 heterocycles. The SMILES string of the molecule is C#CCCC#CCCCCCCCCCC. The van der Waals surface area contributed by atoms with Crippen LogP contribution >= 0.6 is 0 Å². The van der Waals surface area contributed by atoms with E-state index in [0.29, 0.717) is 0 Å². The third-order valence-electron chi connectivity index (χ3n) is 2.67. The predicted octanol–water partition coefficient (Wildman–Crippen LogP) is 4.93. The van der Waals surface area contributed by atoms with Gasteiger partial charge in [-0.05, 0) is 6.42 Å². The quantitative estimate of drug-likeness (QED) is 0.380. The van der Waals surface area contributed by atoms with E-state index in [1.54, 1.807) is 0 Å². The Hall–Kier alpha value is -0.880. The fraction of sp³-hybridized carbons (Fsp3) is 0.750. The maximum absolute atomic E-state index is 5.14. The topological polar surface area (TPSA) is 0 Å². The van der Waals surface area contributed by atoms with Crippen molar-refractivity contribution < 1.29 is 0 Å². The van der Waals surface area contributed by atoms with Crippen LogP contribution in [-0.2, 0) is 0 Å². The average molecular weight is 218 g/mol. The molecule has 16 heavy (non-hydrogen) atoms. The van der Waals surface area contributed by atoms with Crippen molar-refractivity contribution in [2.45, 2.75) is 77.6 Å². The van der Waals surface area contributed by atoms with Crippen molar-refractivity contribution in [3.05, 3.63) is 0 Å². The molecule has 0 aliphatic carbocycles. The van der Waals surface area contributed by atoms with Gasteiger partial charge in [-0.2, -0.15) is 0 Å². The first-order valence-corrected chi connectivity index (χ1v) is 6.81. The van der Waals surface area contributed by atoms with E-state index in [4.69, 9.17) is 6.42 Å². The molecule has 0 fully saturated rings. The molecule has 0 aliphatic heterocycles. The van der Waals surface area contributed by atoms with Crippen LogP contribution in [0.15, 0.2) is 0 Å². The van der Waals surface area contributed by atoms with Gasteiger partial charge in [0, 0.05) is 19.3 Å². The lowest BCUT2D eigenvalue weighted by atomic mass is 10.1. The summed E-state index contributed by atoms with van der Waals surface area (Å²) in [5.74, 6) is 8.90. The highest BCUT2D eigenvalue weighted by Crippen LogP contribution is 2.09. The van der Waals surface area contributed by atoms with Crippen molar-refractivity contribution in [2.24, 2.45) is 0 Å². The van der Waals surface area contributed by atoms with Gasteiger partial charge in [-0.3, -0.25) is 0 Å². The Morgan fingerprint density at radius 2 is 1.25 bits per heavy atom. The molecule has 0 aromatic rings. The van der Waals surface area contributed by atoms with E-state index < -0.39 is 0 Å². The predicted molar refractivity (Wildman–Crippen MR) is 73.1 cm³/mol. The summed E-state index contributed by atoms with van der Waals surface area (Å²) in [5, 5.41) is 0. The molecule has 0 unspecified atom stereocenters. The molecule has 90 valence electrons. The van der Waals surface area contributed by atoms with Gasteiger partial charge in [0.1, 0.15) is 0 Å². The van der Waals surface area contributed by atoms with Crippen LogP contribution in [0.2, 0.25) is 0 Å². The first-order valence-electron chi connectivity index (χ1n) is 6.81. The van der Waals surface area contributed by atoms with E-state index in [2.05, 4.69) is 24.7 Å². The van der Waals surface area contributed by atoms with E-state index in [1.807, 2.05) is 0 Å². The van der Waals surface area contributed by atoms with Crippen molar-refractivity contribution in [1.29, 1.82) is 0 Å². The third kappa shape index (κ3) is 13.1. The maximum Gasteiger partial charge on any atom is 0.0198 e. The van der Waals surface area contributed by atoms with Gasteiger partial charge in [-0.1, -0.05) is 51.9 Å². The largest absolute Gasteiger partial charge is 0.120 e. The Labute approximate surface area is 102 Å². The average Bonchev–Trinajstić information content (AvgIpc) is 2.31. The molecule has 0 aromatic heterocycles. The van der Waals surface area contributed by atoms with Gasteiger partial charge < -0.3 is 0 Å². The zero-order chi connectivity index (χ0) is 11.9. The number of rotatable bonds is 9. The smallest absolute Gasteiger partial charge is 0.0198 e. The van der Waals surface area contributed by atoms with Gasteiger partial charge in [-0.15, -0.1) is 24.2 Å². The second-order valence-electron chi connectivity index (χ2n) is 4.28. The van der Waals surface area contributed by atoms with Gasteiger partial charge >= 0.3 is 0 Å². The second kappa shape index (κ2) is 14.1. The highest BCUT2D eigenvalue weighted by molar-refractivity contribution is 5.01. The molecular weight excluding hydrogens is 192 g/mol. The van der Waals surface area contributed by atoms with Gasteiger partial charge in [0.15, 0.2) is 0 Å². The van der Waals surface area contributed by atoms with Crippen LogP contribution in [0.5, 0.6) is 0 Å². The van der Waals surface area contributed by atoms with E-state index in [9.17, 15) is 0 Å². The highest BCUT2D eigenvalue weighted by atomic mass is 14.0. The Kier molecular flexibility index (Phi) is 13.3. The molecule has 0 aliphatic rings. The normalized spacial score (nSPS) is 9.25. The van der Waals surface area contributed by atoms with Gasteiger partial charge in [0.05, 0.1) is 0 Å². The van der Waals surface area contributed by atoms with Crippen molar-refractivity contribution in [3.63, 3.8) is 0 Å². The van der Waals surface area contributed by atoms with Crippen LogP contribution in [0.4, 0.5) is 0 Å². The van der Waals surface area contributed by atoms with Crippen LogP contribution in [0, 0.1) is 24.2 Å². The molecule has 0 rings (SSSR count). The number of unbranched alkanes of at least 4 members (excludes halogenated alkanes) is 9. The summed E-state index contributed by atoms with van der Waals surface area (Å²) in [6.45, 7) is 2.26. The lowest BCUT2D eigenvalue weighted by molar-refractivity contribution is 0.579. The molecule has 0 spiro atoms. The van der Waals surface area contributed by atoms with Crippen LogP contribution in [0.1, 0.15) is 77.6 Å². The van der Waals surface area contributed by atoms with E-state index >= 15 is 0 Å². The Bertz CT molecular complexity index is 221. The highest BCUT2D eigenvalue weighted by Gasteiger charge is 1.90. The molecule has 0 aromatic carbocycles. The van der Waals surface area contributed by atoms with Crippen molar-refractivity contribution in [3.8, 4) is 24.2 Å². The van der Waals surface area contributed by atoms with Crippen molar-refractivity contribution in [1.82, 2.24) is 0 Å². The zero-order valence-corrected chi connectivity index (χ0v) is 10.9. The van der Waals surface area contributed by atoms with Gasteiger partial charge in [0.25, 0.3) is 0 Å². The Morgan fingerprint density at radius 3 is 1.88 bits per heavy atom. The second-order valence-corrected chi connectivity index (χ2v) is 4.28. The van der Waals surface area contributed by atoms with Crippen LogP contribution in [0.25, 0.3) is 0 Å². The zero-order valence-electron chi connectivity index (χ0n) is 10.9. The summed E-state index contributed by atoms with van der Waals surface area (Å²) in [4.78, 5) is 0. The molecular formula is C16H26. The standard InChI is InChI=1S/C16H26/c1-3-5-7-9-11-13-15-16-14-12-10-8-6-4-2/h1H,4-8,10,12-16H2,2H3. The molecule has 0 atom stereocenters. The van der Waals surface area contributed by atoms with Gasteiger partial charge in [0.2, 0.25) is 0 Å². The van der Waals surface area contributed by atoms with Crippen molar-refractivity contribution in [2.75, 3.05) is 0 Å². The van der Waals surface area contributed by atoms with Crippen LogP contribution in [-0.4, -0.2) is 0 Å². The first kappa shape index (κ1) is 15.1. The van der Waals surface area contributed by atoms with Crippen LogP contribution < -0.4 is 0 Å². The van der Waals surface area contributed by atoms with Gasteiger partial charge in [-0.25, -0.2) is 0 Å². The molecule has 0 nitrogen and oxygen atoms in total. The fourth-order valence-electron chi connectivity index (χ4n) is 1.66. The molecule has 0 amide bonds. The number of hydrogen-bond acceptors (Lipinski definition) is 0. The summed E-state index contributed by atoms with van der Waals surface area (Å²) in [7, 11) is 0. The minimum Gasteiger partial charge on any atom is -0.120 e. The fourth-order valence-corrected chi connectivity index (χ4v) is 1.66. The third-order valence-corrected chi connectivity index (χ3v) is 2.67. The Balaban J connectivity index is 3.03. The van der Waals surface area contributed by atoms with E-state index in [-0.39, 0.29) is 0 Å². The van der Waals surface area contributed by atoms with E-state index in [0.717, 1.165) is 19.3 Å². The number of hydrogen-bond donors (Lipinski definition) is 0. The maximum atomic E-state index is 5.14. The molecule has 0 saturated carbocycles. The summed E-state index contributed by atoms with van der Waals surface area (Å²) in [6.07, 6.45) is 18.8. The monoisotopic (exact) mass is 218 g/mol. The van der Waals surface area contributed by atoms with Crippen molar-refractivity contribution >= 4 is 0 Å². The molecule has 0 bridgehead atoms. The molecule has 0 heteroatoms. The Morgan fingerprint density at radius 1 is 0.688 bits per heavy atom. The summed E-state index contributed by atoms with van der Waals surface area (Å²) < 4.78 is 0. The summed E-state index contributed by atoms with van der Waals surface area (Å²) >= 11 is 0. The summed E-state index contributed by atoms with van der Waals surface area (Å²) in [6, 6.07) is 0.